The van der Waals surface area contributed by atoms with E-state index < -0.39 is 12.7 Å². The maximum atomic E-state index is 12.3. The minimum absolute atomic E-state index is 0.228. The number of hydrogen-bond donors (Lipinski definition) is 1. The van der Waals surface area contributed by atoms with Crippen molar-refractivity contribution in [3.63, 3.8) is 0 Å². The number of anilines is 2. The van der Waals surface area contributed by atoms with Gasteiger partial charge in [0.15, 0.2) is 11.5 Å². The van der Waals surface area contributed by atoms with E-state index in [9.17, 15) is 13.2 Å². The molecule has 0 aliphatic carbocycles. The van der Waals surface area contributed by atoms with Crippen LogP contribution in [0.25, 0.3) is 0 Å². The number of benzene rings is 1. The molecule has 1 aromatic carbocycles. The van der Waals surface area contributed by atoms with E-state index in [0.717, 1.165) is 4.90 Å². The molecule has 0 atom stereocenters. The quantitative estimate of drug-likeness (QED) is 0.828. The molecule has 2 rings (SSSR count). The Morgan fingerprint density at radius 1 is 1.22 bits per heavy atom. The van der Waals surface area contributed by atoms with Crippen LogP contribution < -0.4 is 20.1 Å². The van der Waals surface area contributed by atoms with Gasteiger partial charge in [0.25, 0.3) is 0 Å². The first kappa shape index (κ1) is 12.7. The molecule has 0 spiro atoms. The molecule has 7 heteroatoms. The number of ether oxygens (including phenoxy) is 2. The van der Waals surface area contributed by atoms with Crippen molar-refractivity contribution >= 4 is 11.4 Å². The van der Waals surface area contributed by atoms with Gasteiger partial charge < -0.3 is 20.1 Å². The molecule has 0 saturated heterocycles. The second kappa shape index (κ2) is 4.47. The van der Waals surface area contributed by atoms with E-state index in [-0.39, 0.29) is 11.4 Å². The molecule has 1 heterocycles. The average molecular weight is 262 g/mol. The first-order valence-electron chi connectivity index (χ1n) is 5.34. The van der Waals surface area contributed by atoms with Gasteiger partial charge in [-0.15, -0.1) is 0 Å². The van der Waals surface area contributed by atoms with Crippen molar-refractivity contribution < 1.29 is 22.6 Å². The van der Waals surface area contributed by atoms with Gasteiger partial charge in [0, 0.05) is 19.2 Å². The molecule has 4 nitrogen and oxygen atoms in total. The predicted molar refractivity (Wildman–Crippen MR) is 61.2 cm³/mol. The molecule has 0 fully saturated rings. The van der Waals surface area contributed by atoms with Gasteiger partial charge in [0.2, 0.25) is 0 Å². The van der Waals surface area contributed by atoms with E-state index in [2.05, 4.69) is 0 Å². The lowest BCUT2D eigenvalue weighted by Crippen LogP contribution is -2.31. The van der Waals surface area contributed by atoms with E-state index in [0.29, 0.717) is 24.7 Å². The topological polar surface area (TPSA) is 47.7 Å². The maximum absolute atomic E-state index is 12.3. The molecular weight excluding hydrogens is 249 g/mol. The van der Waals surface area contributed by atoms with Crippen LogP contribution in [0.3, 0.4) is 0 Å². The second-order valence-corrected chi connectivity index (χ2v) is 4.03. The van der Waals surface area contributed by atoms with Gasteiger partial charge in [-0.3, -0.25) is 0 Å². The first-order valence-corrected chi connectivity index (χ1v) is 5.34. The molecule has 1 aliphatic rings. The molecule has 18 heavy (non-hydrogen) atoms. The summed E-state index contributed by atoms with van der Waals surface area (Å²) >= 11 is 0. The zero-order chi connectivity index (χ0) is 13.3. The Morgan fingerprint density at radius 3 is 2.33 bits per heavy atom. The summed E-state index contributed by atoms with van der Waals surface area (Å²) in [6.45, 7) is -0.291. The van der Waals surface area contributed by atoms with Crippen LogP contribution >= 0.6 is 0 Å². The van der Waals surface area contributed by atoms with Gasteiger partial charge in [0.05, 0.1) is 11.4 Å². The highest BCUT2D eigenvalue weighted by Gasteiger charge is 2.30. The minimum atomic E-state index is -4.28. The van der Waals surface area contributed by atoms with Crippen LogP contribution in [0, 0.1) is 0 Å². The van der Waals surface area contributed by atoms with Crippen molar-refractivity contribution in [3.05, 3.63) is 12.1 Å². The van der Waals surface area contributed by atoms with Crippen LogP contribution in [0.2, 0.25) is 0 Å². The fraction of sp³-hybridized carbons (Fsp3) is 0.455. The highest BCUT2D eigenvalue weighted by molar-refractivity contribution is 5.73. The Labute approximate surface area is 102 Å². The third-order valence-electron chi connectivity index (χ3n) is 2.52. The Bertz CT molecular complexity index is 449. The standard InChI is InChI=1S/C11H13F3N2O2/c1-16(6-11(12,13)14)8-5-10-9(4-7(8)15)17-2-3-18-10/h4-5H,2-3,6,15H2,1H3. The number of hydrogen-bond acceptors (Lipinski definition) is 4. The summed E-state index contributed by atoms with van der Waals surface area (Å²) in [4.78, 5) is 1.04. The third-order valence-corrected chi connectivity index (χ3v) is 2.52. The molecule has 100 valence electrons. The van der Waals surface area contributed by atoms with Crippen LogP contribution in [0.15, 0.2) is 12.1 Å². The Hall–Kier alpha value is -1.79. The van der Waals surface area contributed by atoms with E-state index in [1.54, 1.807) is 0 Å². The van der Waals surface area contributed by atoms with E-state index >= 15 is 0 Å². The largest absolute Gasteiger partial charge is 0.486 e. The molecule has 1 aliphatic heterocycles. The zero-order valence-electron chi connectivity index (χ0n) is 9.75. The number of halogens is 3. The monoisotopic (exact) mass is 262 g/mol. The third kappa shape index (κ3) is 2.72. The molecular formula is C11H13F3N2O2. The number of rotatable bonds is 2. The lowest BCUT2D eigenvalue weighted by Gasteiger charge is -2.25. The molecule has 2 N–H and O–H groups in total. The highest BCUT2D eigenvalue weighted by atomic mass is 19.4. The van der Waals surface area contributed by atoms with Gasteiger partial charge in [0.1, 0.15) is 19.8 Å². The second-order valence-electron chi connectivity index (χ2n) is 4.03. The lowest BCUT2D eigenvalue weighted by molar-refractivity contribution is -0.119. The van der Waals surface area contributed by atoms with Crippen LogP contribution in [0.4, 0.5) is 24.5 Å². The zero-order valence-corrected chi connectivity index (χ0v) is 9.75. The van der Waals surface area contributed by atoms with Crippen LogP contribution in [0.1, 0.15) is 0 Å². The summed E-state index contributed by atoms with van der Waals surface area (Å²) in [6, 6.07) is 2.95. The van der Waals surface area contributed by atoms with Gasteiger partial charge in [-0.05, 0) is 0 Å². The molecule has 0 unspecified atom stereocenters. The van der Waals surface area contributed by atoms with Gasteiger partial charge in [-0.2, -0.15) is 13.2 Å². The number of nitrogen functional groups attached to an aromatic ring is 1. The molecule has 0 bridgehead atoms. The highest BCUT2D eigenvalue weighted by Crippen LogP contribution is 2.38. The summed E-state index contributed by atoms with van der Waals surface area (Å²) in [7, 11) is 1.33. The van der Waals surface area contributed by atoms with E-state index in [4.69, 9.17) is 15.2 Å². The molecule has 0 aromatic heterocycles. The molecule has 0 radical (unpaired) electrons. The van der Waals surface area contributed by atoms with Crippen molar-refractivity contribution in [2.45, 2.75) is 6.18 Å². The van der Waals surface area contributed by atoms with Crippen molar-refractivity contribution in [2.24, 2.45) is 0 Å². The van der Waals surface area contributed by atoms with Crippen LogP contribution in [0.5, 0.6) is 11.5 Å². The lowest BCUT2D eigenvalue weighted by atomic mass is 10.2. The SMILES string of the molecule is CN(CC(F)(F)F)c1cc2c(cc1N)OCCO2. The van der Waals surface area contributed by atoms with Crippen molar-refractivity contribution in [1.82, 2.24) is 0 Å². The fourth-order valence-electron chi connectivity index (χ4n) is 1.78. The van der Waals surface area contributed by atoms with Crippen LogP contribution in [-0.4, -0.2) is 33.0 Å². The summed E-state index contributed by atoms with van der Waals surface area (Å²) in [6.07, 6.45) is -4.28. The van der Waals surface area contributed by atoms with E-state index in [1.807, 2.05) is 0 Å². The number of nitrogens with two attached hydrogens (primary N) is 1. The maximum Gasteiger partial charge on any atom is 0.405 e. The van der Waals surface area contributed by atoms with Crippen molar-refractivity contribution in [3.8, 4) is 11.5 Å². The summed E-state index contributed by atoms with van der Waals surface area (Å²) in [5.74, 6) is 0.877. The number of fused-ring (bicyclic) bond motifs is 1. The summed E-state index contributed by atoms with van der Waals surface area (Å²) in [5.41, 5.74) is 6.22. The van der Waals surface area contributed by atoms with Gasteiger partial charge in [-0.25, -0.2) is 0 Å². The normalized spacial score (nSPS) is 14.4. The van der Waals surface area contributed by atoms with Gasteiger partial charge in [-0.1, -0.05) is 0 Å². The Morgan fingerprint density at radius 2 is 1.78 bits per heavy atom. The fourth-order valence-corrected chi connectivity index (χ4v) is 1.78. The van der Waals surface area contributed by atoms with Crippen LogP contribution in [-0.2, 0) is 0 Å². The Kier molecular flexibility index (Phi) is 3.14. The minimum Gasteiger partial charge on any atom is -0.486 e. The Balaban J connectivity index is 2.27. The first-order chi connectivity index (χ1) is 8.37. The number of nitrogens with zero attached hydrogens (tertiary/aromatic N) is 1. The van der Waals surface area contributed by atoms with Crippen molar-refractivity contribution in [2.75, 3.05) is 37.4 Å². The van der Waals surface area contributed by atoms with Crippen molar-refractivity contribution in [1.29, 1.82) is 0 Å². The van der Waals surface area contributed by atoms with E-state index in [1.165, 1.54) is 19.2 Å². The summed E-state index contributed by atoms with van der Waals surface area (Å²) < 4.78 is 47.6. The predicted octanol–water partition coefficient (Wildman–Crippen LogP) is 2.04. The number of alkyl halides is 3. The smallest absolute Gasteiger partial charge is 0.405 e. The summed E-state index contributed by atoms with van der Waals surface area (Å²) in [5, 5.41) is 0. The van der Waals surface area contributed by atoms with Gasteiger partial charge >= 0.3 is 6.18 Å². The molecule has 0 saturated carbocycles. The molecule has 0 amide bonds. The average Bonchev–Trinajstić information content (AvgIpc) is 2.25. The molecule has 1 aromatic rings.